The molecular formula is C34H51N11O9. The summed E-state index contributed by atoms with van der Waals surface area (Å²) >= 11 is 0. The summed E-state index contributed by atoms with van der Waals surface area (Å²) in [6, 6.07) is 4.82. The van der Waals surface area contributed by atoms with E-state index in [1.165, 1.54) is 24.3 Å². The number of hydrogen-bond acceptors (Lipinski definition) is 15. The first-order valence-corrected chi connectivity index (χ1v) is 17.9. The number of fused-ring (bicyclic) bond motifs is 1. The lowest BCUT2D eigenvalue weighted by atomic mass is 10.1. The van der Waals surface area contributed by atoms with Gasteiger partial charge in [0, 0.05) is 30.8 Å². The monoisotopic (exact) mass is 757 g/mol. The molecule has 0 aliphatic heterocycles. The van der Waals surface area contributed by atoms with Crippen LogP contribution >= 0.6 is 0 Å². The van der Waals surface area contributed by atoms with Crippen LogP contribution in [-0.4, -0.2) is 107 Å². The van der Waals surface area contributed by atoms with E-state index >= 15 is 0 Å². The van der Waals surface area contributed by atoms with Crippen LogP contribution in [0, 0.1) is 10.1 Å². The number of nitrogens with zero attached hydrogens (tertiary/aromatic N) is 3. The number of aromatic nitrogens is 2. The number of rotatable bonds is 27. The molecule has 0 saturated heterocycles. The number of nitro benzene ring substituents is 1. The second kappa shape index (κ2) is 23.1. The maximum absolute atomic E-state index is 13.0. The van der Waals surface area contributed by atoms with Gasteiger partial charge in [0.25, 0.3) is 0 Å². The summed E-state index contributed by atoms with van der Waals surface area (Å²) < 4.78 is 4.72. The van der Waals surface area contributed by atoms with Crippen molar-refractivity contribution in [2.24, 2.45) is 11.5 Å². The molecule has 1 aromatic heterocycles. The maximum Gasteiger partial charge on any atom is 0.300 e. The fourth-order valence-corrected chi connectivity index (χ4v) is 5.44. The lowest BCUT2D eigenvalue weighted by Crippen LogP contribution is -2.49. The SMILES string of the molecule is NCCCC[C@H](Nc1ccc([N+](=O)[O-])c2nonc12)C(=O)NCCCNCCCNCCCCNC(=O)[C@H](CC(N)=O)NC(=O)Cc1ccc(O)cc1O. The van der Waals surface area contributed by atoms with Crippen LogP contribution in [0.2, 0.25) is 0 Å². The van der Waals surface area contributed by atoms with Crippen molar-refractivity contribution in [1.82, 2.24) is 36.9 Å². The normalized spacial score (nSPS) is 12.2. The Morgan fingerprint density at radius 1 is 0.815 bits per heavy atom. The van der Waals surface area contributed by atoms with Crippen molar-refractivity contribution in [1.29, 1.82) is 0 Å². The summed E-state index contributed by atoms with van der Waals surface area (Å²) in [4.78, 5) is 60.3. The number of amides is 4. The molecule has 3 rings (SSSR count). The van der Waals surface area contributed by atoms with Gasteiger partial charge in [-0.3, -0.25) is 29.3 Å². The highest BCUT2D eigenvalue weighted by Gasteiger charge is 2.25. The minimum atomic E-state index is -1.16. The van der Waals surface area contributed by atoms with E-state index in [4.69, 9.17) is 16.1 Å². The number of phenols is 2. The fourth-order valence-electron chi connectivity index (χ4n) is 5.44. The Balaban J connectivity index is 1.24. The summed E-state index contributed by atoms with van der Waals surface area (Å²) in [5.74, 6) is -2.52. The highest BCUT2D eigenvalue weighted by atomic mass is 16.6. The van der Waals surface area contributed by atoms with Crippen molar-refractivity contribution in [2.75, 3.05) is 51.1 Å². The molecule has 0 aliphatic carbocycles. The van der Waals surface area contributed by atoms with Gasteiger partial charge in [0.2, 0.25) is 29.1 Å². The molecule has 4 amide bonds. The Morgan fingerprint density at radius 2 is 1.44 bits per heavy atom. The Labute approximate surface area is 311 Å². The lowest BCUT2D eigenvalue weighted by molar-refractivity contribution is -0.383. The van der Waals surface area contributed by atoms with E-state index in [1.54, 1.807) is 0 Å². The lowest BCUT2D eigenvalue weighted by Gasteiger charge is -2.19. The molecule has 2 aromatic carbocycles. The van der Waals surface area contributed by atoms with E-state index < -0.39 is 34.7 Å². The predicted octanol–water partition coefficient (Wildman–Crippen LogP) is 0.0266. The molecule has 0 fully saturated rings. The van der Waals surface area contributed by atoms with E-state index in [2.05, 4.69) is 42.2 Å². The Morgan fingerprint density at radius 3 is 2.11 bits per heavy atom. The number of aromatic hydroxyl groups is 2. The number of nitro groups is 1. The number of benzene rings is 2. The fraction of sp³-hybridized carbons (Fsp3) is 0.529. The zero-order chi connectivity index (χ0) is 39.3. The van der Waals surface area contributed by atoms with Crippen molar-refractivity contribution in [3.63, 3.8) is 0 Å². The zero-order valence-electron chi connectivity index (χ0n) is 30.1. The molecule has 0 unspecified atom stereocenters. The van der Waals surface area contributed by atoms with Gasteiger partial charge < -0.3 is 53.6 Å². The van der Waals surface area contributed by atoms with Gasteiger partial charge in [-0.1, -0.05) is 6.07 Å². The molecule has 54 heavy (non-hydrogen) atoms. The molecule has 0 bridgehead atoms. The average molecular weight is 758 g/mol. The molecule has 1 heterocycles. The molecule has 0 aliphatic rings. The molecule has 0 spiro atoms. The molecule has 3 aromatic rings. The predicted molar refractivity (Wildman–Crippen MR) is 198 cm³/mol. The quantitative estimate of drug-likeness (QED) is 0.0279. The summed E-state index contributed by atoms with van der Waals surface area (Å²) in [6.07, 6.45) is 4.36. The molecule has 20 heteroatoms. The minimum absolute atomic E-state index is 0.000255. The highest BCUT2D eigenvalue weighted by Crippen LogP contribution is 2.29. The van der Waals surface area contributed by atoms with E-state index in [1.807, 2.05) is 0 Å². The smallest absolute Gasteiger partial charge is 0.300 e. The third-order valence-electron chi connectivity index (χ3n) is 8.28. The van der Waals surface area contributed by atoms with Crippen LogP contribution in [0.3, 0.4) is 0 Å². The largest absolute Gasteiger partial charge is 0.508 e. The zero-order valence-corrected chi connectivity index (χ0v) is 30.1. The first-order chi connectivity index (χ1) is 26.0. The number of primary amides is 1. The van der Waals surface area contributed by atoms with Gasteiger partial charge in [-0.2, -0.15) is 0 Å². The molecule has 20 nitrogen and oxygen atoms in total. The summed E-state index contributed by atoms with van der Waals surface area (Å²) in [7, 11) is 0. The first-order valence-electron chi connectivity index (χ1n) is 17.9. The van der Waals surface area contributed by atoms with E-state index in [9.17, 15) is 39.5 Å². The topological polar surface area (TPSA) is 315 Å². The first kappa shape index (κ1) is 42.8. The summed E-state index contributed by atoms with van der Waals surface area (Å²) in [6.45, 7) is 4.29. The highest BCUT2D eigenvalue weighted by molar-refractivity contribution is 5.95. The van der Waals surface area contributed by atoms with Crippen molar-refractivity contribution < 1.29 is 38.9 Å². The van der Waals surface area contributed by atoms with Crippen LogP contribution < -0.4 is 43.4 Å². The number of non-ortho nitro benzene ring substituents is 1. The number of hydrogen-bond donors (Lipinski definition) is 10. The van der Waals surface area contributed by atoms with Gasteiger partial charge in [0.1, 0.15) is 23.6 Å². The molecule has 0 saturated carbocycles. The van der Waals surface area contributed by atoms with E-state index in [-0.39, 0.29) is 52.5 Å². The van der Waals surface area contributed by atoms with E-state index in [0.717, 1.165) is 45.0 Å². The third-order valence-corrected chi connectivity index (χ3v) is 8.28. The Kier molecular flexibility index (Phi) is 18.3. The number of carbonyl (C=O) groups is 4. The van der Waals surface area contributed by atoms with Crippen LogP contribution in [-0.2, 0) is 25.6 Å². The van der Waals surface area contributed by atoms with Crippen LogP contribution in [0.15, 0.2) is 35.0 Å². The second-order valence-electron chi connectivity index (χ2n) is 12.6. The van der Waals surface area contributed by atoms with Crippen molar-refractivity contribution in [3.05, 3.63) is 46.0 Å². The number of nitrogens with one attached hydrogen (secondary N) is 6. The third kappa shape index (κ3) is 14.8. The molecule has 2 atom stereocenters. The summed E-state index contributed by atoms with van der Waals surface area (Å²) in [5, 5.41) is 56.0. The second-order valence-corrected chi connectivity index (χ2v) is 12.6. The van der Waals surface area contributed by atoms with Crippen molar-refractivity contribution in [2.45, 2.75) is 69.9 Å². The van der Waals surface area contributed by atoms with Gasteiger partial charge in [0.05, 0.1) is 23.5 Å². The number of nitrogens with two attached hydrogens (primary N) is 2. The molecule has 12 N–H and O–H groups in total. The number of anilines is 1. The maximum atomic E-state index is 13.0. The number of unbranched alkanes of at least 4 members (excludes halogenated alkanes) is 2. The van der Waals surface area contributed by atoms with Gasteiger partial charge in [-0.25, -0.2) is 4.63 Å². The Hall–Kier alpha value is -5.60. The van der Waals surface area contributed by atoms with Crippen LogP contribution in [0.4, 0.5) is 11.4 Å². The molecular weight excluding hydrogens is 706 g/mol. The molecule has 0 radical (unpaired) electrons. The number of phenolic OH excluding ortho intramolecular Hbond substituents is 2. The van der Waals surface area contributed by atoms with Gasteiger partial charge in [-0.05, 0) is 100 Å². The Bertz CT molecular complexity index is 1690. The standard InChI is InChI=1S/C34H51N11O9/c35-12-2-1-7-25(41-24-10-11-27(45(52)53)32-31(24)43-54-44-32)33(50)40-18-6-16-38-15-5-14-37-13-3-4-17-39-34(51)26(21-29(36)48)42-30(49)19-22-8-9-23(46)20-28(22)47/h8-11,20,25-26,37-38,41,46-47H,1-7,12-19,21,35H2,(H2,36,48)(H,39,51)(H,40,50)(H,42,49)/t25-,26-/m0/s1. The van der Waals surface area contributed by atoms with E-state index in [0.29, 0.717) is 57.5 Å². The molecule has 296 valence electrons. The van der Waals surface area contributed by atoms with Gasteiger partial charge >= 0.3 is 5.69 Å². The van der Waals surface area contributed by atoms with Gasteiger partial charge in [0.15, 0.2) is 5.52 Å². The summed E-state index contributed by atoms with van der Waals surface area (Å²) in [5.41, 5.74) is 11.5. The van der Waals surface area contributed by atoms with Crippen molar-refractivity contribution in [3.8, 4) is 11.5 Å². The number of carbonyl (C=O) groups excluding carboxylic acids is 4. The van der Waals surface area contributed by atoms with Crippen LogP contribution in [0.25, 0.3) is 11.0 Å². The van der Waals surface area contributed by atoms with Crippen LogP contribution in [0.1, 0.15) is 56.9 Å². The van der Waals surface area contributed by atoms with Crippen molar-refractivity contribution >= 4 is 46.0 Å². The minimum Gasteiger partial charge on any atom is -0.508 e. The van der Waals surface area contributed by atoms with Crippen LogP contribution in [0.5, 0.6) is 11.5 Å². The average Bonchev–Trinajstić information content (AvgIpc) is 3.62. The van der Waals surface area contributed by atoms with Gasteiger partial charge in [-0.15, -0.1) is 0 Å².